The molecule has 1 aromatic carbocycles. The van der Waals surface area contributed by atoms with Crippen molar-refractivity contribution in [2.75, 3.05) is 0 Å². The van der Waals surface area contributed by atoms with Gasteiger partial charge in [-0.15, -0.1) is 22.7 Å². The molecule has 3 aromatic heterocycles. The molecule has 0 aliphatic heterocycles. The smallest absolute Gasteiger partial charge is 0.113 e. The molecule has 0 spiro atoms. The largest absolute Gasteiger partial charge is 0.322 e. The molecule has 2 atom stereocenters. The maximum atomic E-state index is 6.58. The van der Waals surface area contributed by atoms with Gasteiger partial charge in [-0.2, -0.15) is 8.75 Å². The Balaban J connectivity index is 1.73. The second-order valence-electron chi connectivity index (χ2n) is 15.1. The van der Waals surface area contributed by atoms with Crippen LogP contribution in [0, 0.1) is 11.8 Å². The lowest BCUT2D eigenvalue weighted by Gasteiger charge is -2.38. The molecule has 0 amide bonds. The van der Waals surface area contributed by atoms with Crippen LogP contribution in [0.4, 0.5) is 0 Å². The van der Waals surface area contributed by atoms with Crippen LogP contribution in [0.25, 0.3) is 31.2 Å². The predicted octanol–water partition coefficient (Wildman–Crippen LogP) is 12.5. The first-order valence-electron chi connectivity index (χ1n) is 17.2. The molecule has 5 rings (SSSR count). The van der Waals surface area contributed by atoms with E-state index in [0.29, 0.717) is 0 Å². The number of hydrogen-bond acceptors (Lipinski definition) is 6. The quantitative estimate of drug-likeness (QED) is 0.148. The van der Waals surface area contributed by atoms with Crippen molar-refractivity contribution in [2.45, 2.75) is 143 Å². The predicted molar refractivity (Wildman–Crippen MR) is 197 cm³/mol. The maximum absolute atomic E-state index is 6.58. The van der Waals surface area contributed by atoms with Crippen molar-refractivity contribution < 1.29 is 0 Å². The minimum atomic E-state index is -0.463. The fourth-order valence-electron chi connectivity index (χ4n) is 7.46. The lowest BCUT2D eigenvalue weighted by Crippen LogP contribution is -2.31. The molecule has 2 unspecified atom stereocenters. The van der Waals surface area contributed by atoms with E-state index in [0.717, 1.165) is 28.4 Å². The Hall–Kier alpha value is -1.60. The van der Waals surface area contributed by atoms with Gasteiger partial charge >= 0.3 is 0 Å². The second kappa shape index (κ2) is 13.3. The molecule has 44 heavy (non-hydrogen) atoms. The minimum Gasteiger partial charge on any atom is -0.322 e. The molecule has 1 aliphatic rings. The Bertz CT molecular complexity index is 1540. The zero-order valence-electron chi connectivity index (χ0n) is 28.7. The number of rotatable bonds is 14. The molecule has 3 nitrogen and oxygen atoms in total. The molecular weight excluding hydrogens is 595 g/mol. The Morgan fingerprint density at radius 1 is 0.773 bits per heavy atom. The third-order valence-corrected chi connectivity index (χ3v) is 13.6. The van der Waals surface area contributed by atoms with E-state index in [1.165, 1.54) is 96.1 Å². The molecule has 3 heterocycles. The van der Waals surface area contributed by atoms with Gasteiger partial charge in [0.2, 0.25) is 0 Å². The summed E-state index contributed by atoms with van der Waals surface area (Å²) in [6, 6.07) is 9.69. The number of nitrogens with zero attached hydrogens (tertiary/aromatic N) is 2. The minimum absolute atomic E-state index is 0.0703. The first kappa shape index (κ1) is 33.8. The van der Waals surface area contributed by atoms with Gasteiger partial charge in [-0.3, -0.25) is 0 Å². The van der Waals surface area contributed by atoms with E-state index in [1.807, 2.05) is 11.3 Å². The summed E-state index contributed by atoms with van der Waals surface area (Å²) in [5.41, 5.74) is 13.8. The molecule has 2 N–H and O–H groups in total. The molecule has 1 aliphatic carbocycles. The topological polar surface area (TPSA) is 51.8 Å². The Morgan fingerprint density at radius 2 is 1.34 bits per heavy atom. The van der Waals surface area contributed by atoms with E-state index in [9.17, 15) is 0 Å². The summed E-state index contributed by atoms with van der Waals surface area (Å²) < 4.78 is 9.59. The van der Waals surface area contributed by atoms with Gasteiger partial charge in [0.1, 0.15) is 11.0 Å². The zero-order chi connectivity index (χ0) is 31.9. The molecule has 6 heteroatoms. The number of thiophene rings is 2. The van der Waals surface area contributed by atoms with Gasteiger partial charge in [-0.25, -0.2) is 0 Å². The van der Waals surface area contributed by atoms with Crippen LogP contribution in [0.15, 0.2) is 24.3 Å². The van der Waals surface area contributed by atoms with E-state index in [4.69, 9.17) is 14.5 Å². The number of fused-ring (bicyclic) bond motifs is 4. The molecular formula is C38H55N3S3. The molecule has 0 saturated heterocycles. The van der Waals surface area contributed by atoms with Crippen LogP contribution in [-0.4, -0.2) is 8.75 Å². The van der Waals surface area contributed by atoms with Crippen molar-refractivity contribution in [3.05, 3.63) is 45.8 Å². The highest BCUT2D eigenvalue weighted by atomic mass is 32.1. The van der Waals surface area contributed by atoms with Crippen molar-refractivity contribution in [2.24, 2.45) is 17.6 Å². The number of nitrogens with two attached hydrogens (primary N) is 1. The van der Waals surface area contributed by atoms with Crippen LogP contribution < -0.4 is 5.73 Å². The van der Waals surface area contributed by atoms with E-state index in [-0.39, 0.29) is 10.8 Å². The second-order valence-corrected chi connectivity index (χ2v) is 17.8. The number of aromatic nitrogens is 2. The number of benzene rings is 1. The van der Waals surface area contributed by atoms with E-state index < -0.39 is 5.54 Å². The van der Waals surface area contributed by atoms with E-state index in [1.54, 1.807) is 16.0 Å². The summed E-state index contributed by atoms with van der Waals surface area (Å²) in [7, 11) is 0. The average Bonchev–Trinajstić information content (AvgIpc) is 3.75. The molecule has 4 aromatic rings. The summed E-state index contributed by atoms with van der Waals surface area (Å²) in [5.74, 6) is 1.47. The van der Waals surface area contributed by atoms with E-state index >= 15 is 0 Å². The number of hydrogen-bond donors (Lipinski definition) is 1. The van der Waals surface area contributed by atoms with Crippen molar-refractivity contribution >= 4 is 45.4 Å². The van der Waals surface area contributed by atoms with Gasteiger partial charge in [-0.05, 0) is 67.2 Å². The van der Waals surface area contributed by atoms with Gasteiger partial charge in [-0.1, -0.05) is 112 Å². The lowest BCUT2D eigenvalue weighted by molar-refractivity contribution is 0.266. The van der Waals surface area contributed by atoms with Crippen LogP contribution in [0.1, 0.15) is 148 Å². The highest BCUT2D eigenvalue weighted by Gasteiger charge is 2.48. The Labute approximate surface area is 279 Å². The Morgan fingerprint density at radius 3 is 1.89 bits per heavy atom. The van der Waals surface area contributed by atoms with Gasteiger partial charge in [0.05, 0.1) is 11.7 Å². The van der Waals surface area contributed by atoms with Gasteiger partial charge in [0, 0.05) is 41.6 Å². The summed E-state index contributed by atoms with van der Waals surface area (Å²) in [5, 5.41) is 0. The molecule has 0 bridgehead atoms. The first-order chi connectivity index (χ1) is 20.9. The third-order valence-electron chi connectivity index (χ3n) is 10.2. The SMILES string of the molecule is CCCCC(CC)CC1(CC(CC)CCCC)c2cc(-c3ccc(C(C)(C)N)c4nsnc34)sc2-c2sc(C(C)(C)C)cc21. The molecule has 0 radical (unpaired) electrons. The van der Waals surface area contributed by atoms with Crippen LogP contribution >= 0.6 is 34.4 Å². The fourth-order valence-corrected chi connectivity index (χ4v) is 10.8. The van der Waals surface area contributed by atoms with Crippen LogP contribution in [-0.2, 0) is 16.4 Å². The standard InChI is InChI=1S/C38H55N3S3/c1-10-14-16-24(12-3)22-38(23-25(13-4)17-15-11-2)28-20-30(42-34(28)35-29(38)21-31(43-35)36(5,6)7)26-18-19-27(37(8,9)39)33-32(26)40-44-41-33/h18-21,24-25H,10-17,22-23,39H2,1-9H3. The van der Waals surface area contributed by atoms with E-state index in [2.05, 4.69) is 97.9 Å². The normalized spacial score (nSPS) is 18.1. The average molecular weight is 650 g/mol. The summed E-state index contributed by atoms with van der Waals surface area (Å²) in [6.45, 7) is 20.8. The number of unbranched alkanes of at least 4 members (excludes halogenated alkanes) is 2. The first-order valence-corrected chi connectivity index (χ1v) is 19.6. The molecule has 0 fully saturated rings. The van der Waals surface area contributed by atoms with Crippen molar-refractivity contribution in [3.8, 4) is 20.2 Å². The third kappa shape index (κ3) is 6.35. The highest BCUT2D eigenvalue weighted by molar-refractivity contribution is 7.24. The van der Waals surface area contributed by atoms with Crippen LogP contribution in [0.2, 0.25) is 0 Å². The summed E-state index contributed by atoms with van der Waals surface area (Å²) >= 11 is 5.37. The summed E-state index contributed by atoms with van der Waals surface area (Å²) in [4.78, 5) is 5.92. The summed E-state index contributed by atoms with van der Waals surface area (Å²) in [6.07, 6.45) is 12.9. The Kier molecular flexibility index (Phi) is 10.2. The molecule has 240 valence electrons. The highest BCUT2D eigenvalue weighted by Crippen LogP contribution is 2.62. The van der Waals surface area contributed by atoms with Crippen molar-refractivity contribution in [1.82, 2.24) is 8.75 Å². The van der Waals surface area contributed by atoms with Gasteiger partial charge in [0.15, 0.2) is 0 Å². The maximum Gasteiger partial charge on any atom is 0.113 e. The van der Waals surface area contributed by atoms with Gasteiger partial charge in [0.25, 0.3) is 0 Å². The van der Waals surface area contributed by atoms with Gasteiger partial charge < -0.3 is 5.73 Å². The fraction of sp³-hybridized carbons (Fsp3) is 0.632. The lowest BCUT2D eigenvalue weighted by atomic mass is 9.65. The van der Waals surface area contributed by atoms with Crippen molar-refractivity contribution in [3.63, 3.8) is 0 Å². The van der Waals surface area contributed by atoms with Crippen molar-refractivity contribution in [1.29, 1.82) is 0 Å². The van der Waals surface area contributed by atoms with Crippen LogP contribution in [0.5, 0.6) is 0 Å². The van der Waals surface area contributed by atoms with Crippen LogP contribution in [0.3, 0.4) is 0 Å². The monoisotopic (exact) mass is 649 g/mol. The molecule has 0 saturated carbocycles. The zero-order valence-corrected chi connectivity index (χ0v) is 31.2.